The van der Waals surface area contributed by atoms with Gasteiger partial charge in [-0.25, -0.2) is 0 Å². The quantitative estimate of drug-likeness (QED) is 0.110. The lowest BCUT2D eigenvalue weighted by Gasteiger charge is -2.25. The van der Waals surface area contributed by atoms with Crippen molar-refractivity contribution in [2.75, 3.05) is 34.3 Å². The third kappa shape index (κ3) is 37.5. The predicted octanol–water partition coefficient (Wildman–Crippen LogP) is -3.03. The molecule has 210 valence electrons. The Morgan fingerprint density at radius 1 is 0.611 bits per heavy atom. The first-order chi connectivity index (χ1) is 16.1. The fourth-order valence-corrected chi connectivity index (χ4v) is 1.43. The third-order valence-corrected chi connectivity index (χ3v) is 3.14. The number of rotatable bonds is 13. The van der Waals surface area contributed by atoms with Crippen molar-refractivity contribution in [1.29, 1.82) is 0 Å². The lowest BCUT2D eigenvalue weighted by molar-refractivity contribution is -0.870. The monoisotopic (exact) mass is 531 g/mol. The van der Waals surface area contributed by atoms with Crippen LogP contribution in [-0.4, -0.2) is 127 Å². The van der Waals surface area contributed by atoms with Gasteiger partial charge < -0.3 is 55.2 Å². The van der Waals surface area contributed by atoms with E-state index in [1.165, 1.54) is 0 Å². The van der Waals surface area contributed by atoms with E-state index in [-0.39, 0.29) is 32.3 Å². The normalized spacial score (nSPS) is 10.0. The van der Waals surface area contributed by atoms with Crippen LogP contribution >= 0.6 is 0 Å². The zero-order valence-corrected chi connectivity index (χ0v) is 19.9. The van der Waals surface area contributed by atoms with Crippen LogP contribution in [0.15, 0.2) is 0 Å². The van der Waals surface area contributed by atoms with Crippen molar-refractivity contribution in [1.82, 2.24) is 0 Å². The van der Waals surface area contributed by atoms with Crippen LogP contribution in [0.3, 0.4) is 0 Å². The summed E-state index contributed by atoms with van der Waals surface area (Å²) < 4.78 is 0.844. The van der Waals surface area contributed by atoms with Crippen molar-refractivity contribution in [3.63, 3.8) is 0 Å². The molecule has 0 heterocycles. The Balaban J connectivity index is -0.000000197. The molecule has 0 fully saturated rings. The number of aliphatic hydroxyl groups excluding tert-OH is 1. The summed E-state index contributed by atoms with van der Waals surface area (Å²) in [6.07, 6.45) is -3.60. The van der Waals surface area contributed by atoms with Gasteiger partial charge >= 0.3 is 35.8 Å². The highest BCUT2D eigenvalue weighted by Gasteiger charge is 2.34. The molecule has 17 heteroatoms. The number of carboxylic acid groups (broad SMARTS) is 7. The summed E-state index contributed by atoms with van der Waals surface area (Å²) in [5, 5.41) is 75.5. The van der Waals surface area contributed by atoms with Crippen LogP contribution in [-0.2, 0) is 33.6 Å². The lowest BCUT2D eigenvalue weighted by Crippen LogP contribution is -2.51. The number of quaternary nitrogens is 1. The van der Waals surface area contributed by atoms with E-state index in [1.807, 2.05) is 0 Å². The number of nitrogens with zero attached hydrogens (tertiary/aromatic N) is 1. The second-order valence-electron chi connectivity index (χ2n) is 7.77. The molecule has 0 aliphatic heterocycles. The number of likely N-dealkylation sites (N-methyl/N-ethyl adjacent to an activating group) is 1. The first-order valence-corrected chi connectivity index (χ1v) is 9.75. The molecule has 0 aliphatic carbocycles. The summed E-state index contributed by atoms with van der Waals surface area (Å²) in [6, 6.07) is 0. The number of carbonyl (C=O) groups excluding carboxylic acids is 1. The summed E-state index contributed by atoms with van der Waals surface area (Å²) in [5.74, 6) is -9.65. The molecule has 0 aromatic carbocycles. The van der Waals surface area contributed by atoms with E-state index in [0.717, 1.165) is 11.0 Å². The average molecular weight is 531 g/mol. The maximum atomic E-state index is 10.2. The molecule has 0 amide bonds. The maximum Gasteiger partial charge on any atom is 0.306 e. The molecule has 0 aromatic rings. The van der Waals surface area contributed by atoms with Gasteiger partial charge in [-0.3, -0.25) is 28.8 Å². The zero-order chi connectivity index (χ0) is 29.7. The molecule has 0 aliphatic rings. The van der Waals surface area contributed by atoms with Gasteiger partial charge in [0, 0.05) is 0 Å². The van der Waals surface area contributed by atoms with E-state index in [1.54, 1.807) is 0 Å². The number of hydrogen-bond donors (Lipinski definition) is 8. The first-order valence-electron chi connectivity index (χ1n) is 9.75. The van der Waals surface area contributed by atoms with Crippen molar-refractivity contribution in [2.45, 2.75) is 44.1 Å². The summed E-state index contributed by atoms with van der Waals surface area (Å²) >= 11 is 0. The van der Waals surface area contributed by atoms with Crippen LogP contribution in [0.5, 0.6) is 0 Å². The van der Waals surface area contributed by atoms with Crippen molar-refractivity contribution < 1.29 is 84.0 Å². The Bertz CT molecular complexity index is 668. The highest BCUT2D eigenvalue weighted by molar-refractivity contribution is 5.87. The molecule has 36 heavy (non-hydrogen) atoms. The third-order valence-electron chi connectivity index (χ3n) is 3.14. The minimum absolute atomic E-state index is 0.281. The number of carbonyl (C=O) groups is 7. The van der Waals surface area contributed by atoms with E-state index in [0.29, 0.717) is 0 Å². The van der Waals surface area contributed by atoms with Gasteiger partial charge in [-0.1, -0.05) is 0 Å². The highest BCUT2D eigenvalue weighted by atomic mass is 16.4. The zero-order valence-electron chi connectivity index (χ0n) is 19.9. The molecule has 8 N–H and O–H groups in total. The van der Waals surface area contributed by atoms with Gasteiger partial charge in [-0.2, -0.15) is 0 Å². The highest BCUT2D eigenvalue weighted by Crippen LogP contribution is 2.14. The average Bonchev–Trinajstić information content (AvgIpc) is 2.64. The molecule has 0 bridgehead atoms. The SMILES string of the molecule is C[N+](C)(C)CCO.O=C(O)CC(O)(CC(=O)O)C(=O)[O-].O=C(O)CCC(=O)O.O=C(O)CCC(=O)O. The Morgan fingerprint density at radius 2 is 0.861 bits per heavy atom. The van der Waals surface area contributed by atoms with Gasteiger partial charge in [0.1, 0.15) is 12.1 Å². The molecule has 0 rings (SSSR count). The van der Waals surface area contributed by atoms with Crippen molar-refractivity contribution in [3.8, 4) is 0 Å². The van der Waals surface area contributed by atoms with Crippen LogP contribution in [0.4, 0.5) is 0 Å². The standard InChI is InChI=1S/C6H8O7.C5H14NO.2C4H6O4/c7-3(8)1-6(13,5(11)12)2-4(9)10;1-6(2,3)4-5-7;2*5-3(6)1-2-4(7)8/h13H,1-2H2,(H,7,8)(H,9,10)(H,11,12);7H,4-5H2,1-3H3;2*1-2H2,(H,5,6)(H,7,8)/q;+1;;/p-1. The minimum Gasteiger partial charge on any atom is -0.547 e. The number of aliphatic hydroxyl groups is 2. The topological polar surface area (TPSA) is 304 Å². The van der Waals surface area contributed by atoms with Crippen LogP contribution in [0, 0.1) is 0 Å². The van der Waals surface area contributed by atoms with Crippen LogP contribution in [0.1, 0.15) is 38.5 Å². The van der Waals surface area contributed by atoms with Crippen molar-refractivity contribution >= 4 is 41.8 Å². The molecular formula is C19H33NO16. The number of carboxylic acids is 7. The van der Waals surface area contributed by atoms with E-state index in [2.05, 4.69) is 21.1 Å². The van der Waals surface area contributed by atoms with Crippen molar-refractivity contribution in [3.05, 3.63) is 0 Å². The second kappa shape index (κ2) is 20.5. The maximum absolute atomic E-state index is 10.2. The summed E-state index contributed by atoms with van der Waals surface area (Å²) in [7, 11) is 6.16. The van der Waals surface area contributed by atoms with Crippen LogP contribution < -0.4 is 5.11 Å². The molecule has 0 unspecified atom stereocenters. The second-order valence-corrected chi connectivity index (χ2v) is 7.77. The summed E-state index contributed by atoms with van der Waals surface area (Å²) in [5.41, 5.74) is -2.85. The van der Waals surface area contributed by atoms with Gasteiger partial charge in [0.2, 0.25) is 0 Å². The molecule has 17 nitrogen and oxygen atoms in total. The number of hydrogen-bond acceptors (Lipinski definition) is 10. The van der Waals surface area contributed by atoms with Gasteiger partial charge in [-0.05, 0) is 0 Å². The summed E-state index contributed by atoms with van der Waals surface area (Å²) in [4.78, 5) is 68.9. The van der Waals surface area contributed by atoms with Crippen molar-refractivity contribution in [2.24, 2.45) is 0 Å². The van der Waals surface area contributed by atoms with Gasteiger partial charge in [0.25, 0.3) is 0 Å². The van der Waals surface area contributed by atoms with Gasteiger partial charge in [0.15, 0.2) is 0 Å². The Kier molecular flexibility index (Phi) is 22.5. The first kappa shape index (κ1) is 39.4. The fourth-order valence-electron chi connectivity index (χ4n) is 1.43. The van der Waals surface area contributed by atoms with Gasteiger partial charge in [0.05, 0.1) is 72.2 Å². The van der Waals surface area contributed by atoms with Crippen LogP contribution in [0.25, 0.3) is 0 Å². The lowest BCUT2D eigenvalue weighted by atomic mass is 9.96. The molecule has 0 spiro atoms. The Hall–Kier alpha value is -3.83. The Morgan fingerprint density at radius 3 is 0.944 bits per heavy atom. The van der Waals surface area contributed by atoms with E-state index >= 15 is 0 Å². The summed E-state index contributed by atoms with van der Waals surface area (Å²) in [6.45, 7) is 1.11. The molecule has 0 saturated heterocycles. The van der Waals surface area contributed by atoms with E-state index in [9.17, 15) is 38.7 Å². The van der Waals surface area contributed by atoms with E-state index < -0.39 is 60.2 Å². The molecular weight excluding hydrogens is 498 g/mol. The van der Waals surface area contributed by atoms with Gasteiger partial charge in [-0.15, -0.1) is 0 Å². The van der Waals surface area contributed by atoms with E-state index in [4.69, 9.17) is 40.9 Å². The minimum atomic E-state index is -2.85. The molecule has 0 aromatic heterocycles. The fraction of sp³-hybridized carbons (Fsp3) is 0.632. The number of aliphatic carboxylic acids is 7. The van der Waals surface area contributed by atoms with Crippen LogP contribution in [0.2, 0.25) is 0 Å². The molecule has 0 atom stereocenters. The molecule has 0 saturated carbocycles. The largest absolute Gasteiger partial charge is 0.547 e. The smallest absolute Gasteiger partial charge is 0.306 e. The molecule has 0 radical (unpaired) electrons. The predicted molar refractivity (Wildman–Crippen MR) is 113 cm³/mol. The Labute approximate surface area is 205 Å².